The predicted molar refractivity (Wildman–Crippen MR) is 72.0 cm³/mol. The Morgan fingerprint density at radius 2 is 2.00 bits per heavy atom. The summed E-state index contributed by atoms with van der Waals surface area (Å²) in [4.78, 5) is 13.8. The van der Waals surface area contributed by atoms with Crippen LogP contribution in [0.5, 0.6) is 5.75 Å². The summed E-state index contributed by atoms with van der Waals surface area (Å²) in [5.74, 6) is 0.0829. The molecule has 0 bridgehead atoms. The van der Waals surface area contributed by atoms with Crippen molar-refractivity contribution in [1.29, 1.82) is 0 Å². The Kier molecular flexibility index (Phi) is 5.08. The first-order chi connectivity index (χ1) is 10.0. The number of nitrogens with zero attached hydrogens (tertiary/aromatic N) is 1. The smallest absolute Gasteiger partial charge is 0.387 e. The molecule has 1 aromatic carbocycles. The molecule has 2 atom stereocenters. The highest BCUT2D eigenvalue weighted by Gasteiger charge is 2.36. The predicted octanol–water partition coefficient (Wildman–Crippen LogP) is 1.75. The van der Waals surface area contributed by atoms with Crippen molar-refractivity contribution >= 4 is 5.91 Å². The van der Waals surface area contributed by atoms with Gasteiger partial charge in [0.05, 0.1) is 12.6 Å². The van der Waals surface area contributed by atoms with E-state index in [1.807, 2.05) is 0 Å². The van der Waals surface area contributed by atoms with E-state index in [1.54, 1.807) is 31.1 Å². The Morgan fingerprint density at radius 1 is 1.33 bits per heavy atom. The molecule has 1 amide bonds. The molecule has 5 nitrogen and oxygen atoms in total. The van der Waals surface area contributed by atoms with E-state index < -0.39 is 6.61 Å². The highest BCUT2D eigenvalue weighted by Crippen LogP contribution is 2.26. The van der Waals surface area contributed by atoms with E-state index >= 15 is 0 Å². The molecule has 21 heavy (non-hydrogen) atoms. The standard InChI is InChI=1S/C14H18F2N2O3/c1-9-13(19)18(7-8-20-2)12(17-9)10-3-5-11(6-4-10)21-14(15)16/h3-6,9,12,14,17H,7-8H2,1-2H3. The van der Waals surface area contributed by atoms with Gasteiger partial charge in [0.25, 0.3) is 0 Å². The van der Waals surface area contributed by atoms with Crippen LogP contribution < -0.4 is 10.1 Å². The highest BCUT2D eigenvalue weighted by molar-refractivity contribution is 5.84. The molecule has 0 spiro atoms. The number of rotatable bonds is 6. The second-order valence-electron chi connectivity index (χ2n) is 4.76. The van der Waals surface area contributed by atoms with Gasteiger partial charge in [0.2, 0.25) is 5.91 Å². The van der Waals surface area contributed by atoms with Crippen molar-refractivity contribution in [3.8, 4) is 5.75 Å². The Morgan fingerprint density at radius 3 is 2.57 bits per heavy atom. The first-order valence-electron chi connectivity index (χ1n) is 6.63. The summed E-state index contributed by atoms with van der Waals surface area (Å²) in [5, 5.41) is 3.17. The average molecular weight is 300 g/mol. The summed E-state index contributed by atoms with van der Waals surface area (Å²) in [6, 6.07) is 5.97. The minimum Gasteiger partial charge on any atom is -0.435 e. The molecule has 0 aromatic heterocycles. The van der Waals surface area contributed by atoms with Gasteiger partial charge in [-0.1, -0.05) is 12.1 Å². The lowest BCUT2D eigenvalue weighted by atomic mass is 10.1. The minimum absolute atomic E-state index is 0.00930. The Hall–Kier alpha value is -1.73. The molecule has 1 N–H and O–H groups in total. The second-order valence-corrected chi connectivity index (χ2v) is 4.76. The maximum absolute atomic E-state index is 12.1. The van der Waals surface area contributed by atoms with Crippen LogP contribution in [0.15, 0.2) is 24.3 Å². The number of nitrogens with one attached hydrogen (secondary N) is 1. The van der Waals surface area contributed by atoms with E-state index in [9.17, 15) is 13.6 Å². The van der Waals surface area contributed by atoms with Gasteiger partial charge in [-0.05, 0) is 24.6 Å². The van der Waals surface area contributed by atoms with Gasteiger partial charge in [0.15, 0.2) is 0 Å². The van der Waals surface area contributed by atoms with Gasteiger partial charge in [0, 0.05) is 13.7 Å². The van der Waals surface area contributed by atoms with Crippen LogP contribution in [0.25, 0.3) is 0 Å². The van der Waals surface area contributed by atoms with Crippen LogP contribution in [0.2, 0.25) is 0 Å². The molecule has 2 unspecified atom stereocenters. The van der Waals surface area contributed by atoms with Crippen molar-refractivity contribution in [3.63, 3.8) is 0 Å². The number of alkyl halides is 2. The lowest BCUT2D eigenvalue weighted by molar-refractivity contribution is -0.130. The van der Waals surface area contributed by atoms with Gasteiger partial charge in [-0.25, -0.2) is 0 Å². The van der Waals surface area contributed by atoms with Crippen molar-refractivity contribution in [2.45, 2.75) is 25.7 Å². The van der Waals surface area contributed by atoms with Crippen LogP contribution >= 0.6 is 0 Å². The van der Waals surface area contributed by atoms with Gasteiger partial charge in [-0.3, -0.25) is 10.1 Å². The van der Waals surface area contributed by atoms with E-state index in [4.69, 9.17) is 4.74 Å². The number of hydrogen-bond donors (Lipinski definition) is 1. The van der Waals surface area contributed by atoms with Crippen molar-refractivity contribution < 1.29 is 23.0 Å². The molecule has 1 heterocycles. The van der Waals surface area contributed by atoms with Gasteiger partial charge in [0.1, 0.15) is 11.9 Å². The minimum atomic E-state index is -2.85. The molecule has 0 aliphatic carbocycles. The monoisotopic (exact) mass is 300 g/mol. The summed E-state index contributed by atoms with van der Waals surface area (Å²) >= 11 is 0. The molecule has 0 radical (unpaired) electrons. The molecular weight excluding hydrogens is 282 g/mol. The number of ether oxygens (including phenoxy) is 2. The van der Waals surface area contributed by atoms with E-state index in [1.165, 1.54) is 12.1 Å². The fraction of sp³-hybridized carbons (Fsp3) is 0.500. The summed E-state index contributed by atoms with van der Waals surface area (Å²) in [7, 11) is 1.57. The third-order valence-corrected chi connectivity index (χ3v) is 3.33. The van der Waals surface area contributed by atoms with E-state index in [0.717, 1.165) is 5.56 Å². The van der Waals surface area contributed by atoms with Crippen LogP contribution in [0.1, 0.15) is 18.7 Å². The second kappa shape index (κ2) is 6.82. The number of amides is 1. The number of methoxy groups -OCH3 is 1. The van der Waals surface area contributed by atoms with E-state index in [-0.39, 0.29) is 23.9 Å². The maximum atomic E-state index is 12.1. The number of carbonyl (C=O) groups excluding carboxylic acids is 1. The molecule has 0 saturated carbocycles. The zero-order valence-electron chi connectivity index (χ0n) is 11.9. The molecule has 1 aliphatic heterocycles. The van der Waals surface area contributed by atoms with Crippen LogP contribution in [0, 0.1) is 0 Å². The largest absolute Gasteiger partial charge is 0.435 e. The Bertz CT molecular complexity index is 482. The molecule has 1 aromatic rings. The Labute approximate surface area is 121 Å². The van der Waals surface area contributed by atoms with Gasteiger partial charge in [-0.2, -0.15) is 8.78 Å². The lowest BCUT2D eigenvalue weighted by Gasteiger charge is -2.24. The number of hydrogen-bond acceptors (Lipinski definition) is 4. The summed E-state index contributed by atoms with van der Waals surface area (Å²) in [5.41, 5.74) is 0.811. The van der Waals surface area contributed by atoms with E-state index in [2.05, 4.69) is 10.1 Å². The van der Waals surface area contributed by atoms with Crippen LogP contribution in [0.3, 0.4) is 0 Å². The van der Waals surface area contributed by atoms with Crippen LogP contribution in [0.4, 0.5) is 8.78 Å². The van der Waals surface area contributed by atoms with Crippen LogP contribution in [-0.2, 0) is 9.53 Å². The molecule has 1 aliphatic rings. The SMILES string of the molecule is COCCN1C(=O)C(C)NC1c1ccc(OC(F)F)cc1. The lowest BCUT2D eigenvalue weighted by Crippen LogP contribution is -2.33. The van der Waals surface area contributed by atoms with Crippen LogP contribution in [-0.4, -0.2) is 43.7 Å². The third kappa shape index (κ3) is 3.68. The van der Waals surface area contributed by atoms with Gasteiger partial charge < -0.3 is 14.4 Å². The number of carbonyl (C=O) groups is 1. The fourth-order valence-corrected chi connectivity index (χ4v) is 2.31. The first-order valence-corrected chi connectivity index (χ1v) is 6.63. The number of benzene rings is 1. The molecule has 1 fully saturated rings. The Balaban J connectivity index is 2.13. The van der Waals surface area contributed by atoms with Crippen molar-refractivity contribution in [3.05, 3.63) is 29.8 Å². The summed E-state index contributed by atoms with van der Waals surface area (Å²) < 4.78 is 33.6. The first kappa shape index (κ1) is 15.7. The molecule has 2 rings (SSSR count). The zero-order chi connectivity index (χ0) is 15.4. The van der Waals surface area contributed by atoms with Crippen molar-refractivity contribution in [1.82, 2.24) is 10.2 Å². The number of halogens is 2. The molecule has 116 valence electrons. The third-order valence-electron chi connectivity index (χ3n) is 3.33. The topological polar surface area (TPSA) is 50.8 Å². The van der Waals surface area contributed by atoms with Crippen molar-refractivity contribution in [2.75, 3.05) is 20.3 Å². The van der Waals surface area contributed by atoms with Crippen molar-refractivity contribution in [2.24, 2.45) is 0 Å². The van der Waals surface area contributed by atoms with Gasteiger partial charge in [-0.15, -0.1) is 0 Å². The molecular formula is C14H18F2N2O3. The summed E-state index contributed by atoms with van der Waals surface area (Å²) in [6.45, 7) is -0.160. The highest BCUT2D eigenvalue weighted by atomic mass is 19.3. The molecule has 1 saturated heterocycles. The quantitative estimate of drug-likeness (QED) is 0.869. The normalized spacial score (nSPS) is 22.1. The fourth-order valence-electron chi connectivity index (χ4n) is 2.31. The van der Waals surface area contributed by atoms with E-state index in [0.29, 0.717) is 13.2 Å². The molecule has 7 heteroatoms. The average Bonchev–Trinajstić information content (AvgIpc) is 2.73. The summed E-state index contributed by atoms with van der Waals surface area (Å²) in [6.07, 6.45) is -0.289. The zero-order valence-corrected chi connectivity index (χ0v) is 11.9. The maximum Gasteiger partial charge on any atom is 0.387 e. The van der Waals surface area contributed by atoms with Gasteiger partial charge >= 0.3 is 6.61 Å².